The molecular formula is C44H12F24N8. The van der Waals surface area contributed by atoms with Gasteiger partial charge in [0, 0.05) is 22.3 Å². The Balaban J connectivity index is 1.72. The van der Waals surface area contributed by atoms with Gasteiger partial charge in [-0.3, -0.25) is 0 Å². The van der Waals surface area contributed by atoms with Crippen LogP contribution in [0.3, 0.4) is 0 Å². The van der Waals surface area contributed by atoms with Gasteiger partial charge >= 0.3 is 49.4 Å². The van der Waals surface area contributed by atoms with Gasteiger partial charge < -0.3 is 0 Å². The second-order valence-corrected chi connectivity index (χ2v) is 15.5. The SMILES string of the molecule is [C-]#[N+]N=C1c2nc(-c3cc(C(F)(F)F)cc(C(F)(F)F)c3)c(-c3cc(C(F)(F)F)cc(C(F)(F)F)c3)nc2C(=NC#N)c2nc(-c3cc(C(F)(F)F)cc(C(F)(F)F)c3)c(-c3cc(C(F)(F)F)cc(C(F)(F)F)c3)nc21. The number of benzene rings is 4. The Kier molecular flexibility index (Phi) is 13.3. The molecule has 0 unspecified atom stereocenters. The van der Waals surface area contributed by atoms with Crippen LogP contribution in [0.5, 0.6) is 0 Å². The number of aromatic nitrogens is 4. The predicted molar refractivity (Wildman–Crippen MR) is 209 cm³/mol. The minimum atomic E-state index is -5.77. The van der Waals surface area contributed by atoms with Crippen molar-refractivity contribution in [1.29, 1.82) is 5.26 Å². The number of hydrogen-bond donors (Lipinski definition) is 0. The van der Waals surface area contributed by atoms with Crippen LogP contribution in [0.2, 0.25) is 0 Å². The van der Waals surface area contributed by atoms with Gasteiger partial charge in [0.2, 0.25) is 11.9 Å². The number of nitrogens with zero attached hydrogens (tertiary/aromatic N) is 8. The molecule has 4 aromatic carbocycles. The molecule has 6 aromatic rings. The summed E-state index contributed by atoms with van der Waals surface area (Å²) in [6.07, 6.45) is -45.1. The third kappa shape index (κ3) is 11.1. The first kappa shape index (κ1) is 55.4. The third-order valence-corrected chi connectivity index (χ3v) is 10.4. The van der Waals surface area contributed by atoms with Gasteiger partial charge in [0.05, 0.1) is 72.4 Å². The first-order valence-electron chi connectivity index (χ1n) is 19.6. The average molecular weight is 1110 g/mol. The Morgan fingerprint density at radius 3 is 0.658 bits per heavy atom. The topological polar surface area (TPSA) is 104 Å². The lowest BCUT2D eigenvalue weighted by molar-refractivity contribution is -0.144. The number of rotatable bonds is 4. The zero-order valence-corrected chi connectivity index (χ0v) is 35.6. The molecule has 7 rings (SSSR count). The van der Waals surface area contributed by atoms with Gasteiger partial charge in [0.1, 0.15) is 28.5 Å². The highest BCUT2D eigenvalue weighted by Gasteiger charge is 2.44. The molecule has 8 nitrogen and oxygen atoms in total. The van der Waals surface area contributed by atoms with Crippen LogP contribution in [0.15, 0.2) is 82.9 Å². The van der Waals surface area contributed by atoms with E-state index in [1.807, 2.05) is 0 Å². The van der Waals surface area contributed by atoms with Crippen LogP contribution in [-0.2, 0) is 49.4 Å². The van der Waals surface area contributed by atoms with Crippen molar-refractivity contribution in [2.75, 3.05) is 0 Å². The molecule has 0 bridgehead atoms. The number of aliphatic imine (C=N–C) groups is 1. The van der Waals surface area contributed by atoms with Crippen molar-refractivity contribution in [1.82, 2.24) is 19.9 Å². The molecule has 1 aliphatic carbocycles. The summed E-state index contributed by atoms with van der Waals surface area (Å²) in [7, 11) is 0. The van der Waals surface area contributed by atoms with Crippen molar-refractivity contribution in [3.05, 3.63) is 152 Å². The van der Waals surface area contributed by atoms with E-state index in [9.17, 15) is 111 Å². The van der Waals surface area contributed by atoms with E-state index in [-0.39, 0.29) is 48.5 Å². The minimum Gasteiger partial charge on any atom is -0.241 e. The maximum absolute atomic E-state index is 14.3. The molecule has 0 amide bonds. The van der Waals surface area contributed by atoms with Crippen LogP contribution in [0, 0.1) is 18.0 Å². The zero-order valence-electron chi connectivity index (χ0n) is 35.6. The maximum atomic E-state index is 14.3. The molecule has 0 saturated heterocycles. The summed E-state index contributed by atoms with van der Waals surface area (Å²) in [6, 6.07) is -3.46. The summed E-state index contributed by atoms with van der Waals surface area (Å²) in [5.74, 6) is 0. The third-order valence-electron chi connectivity index (χ3n) is 10.4. The lowest BCUT2D eigenvalue weighted by atomic mass is 9.91. The quantitative estimate of drug-likeness (QED) is 0.0756. The molecule has 0 aliphatic heterocycles. The number of fused-ring (bicyclic) bond motifs is 2. The van der Waals surface area contributed by atoms with E-state index in [1.54, 1.807) is 0 Å². The maximum Gasteiger partial charge on any atom is 0.416 e. The van der Waals surface area contributed by atoms with E-state index >= 15 is 0 Å². The Hall–Kier alpha value is -8.32. The predicted octanol–water partition coefficient (Wildman–Crippen LogP) is 15.4. The second kappa shape index (κ2) is 18.2. The second-order valence-electron chi connectivity index (χ2n) is 15.5. The van der Waals surface area contributed by atoms with Gasteiger partial charge in [-0.05, 0) is 72.8 Å². The van der Waals surface area contributed by atoms with E-state index in [4.69, 9.17) is 6.57 Å². The summed E-state index contributed by atoms with van der Waals surface area (Å²) in [5, 5.41) is 13.2. The number of alkyl halides is 24. The molecule has 0 atom stereocenters. The van der Waals surface area contributed by atoms with Gasteiger partial charge in [0.15, 0.2) is 0 Å². The highest BCUT2D eigenvalue weighted by molar-refractivity contribution is 6.29. The smallest absolute Gasteiger partial charge is 0.241 e. The summed E-state index contributed by atoms with van der Waals surface area (Å²) in [6.45, 7) is 7.49. The van der Waals surface area contributed by atoms with Gasteiger partial charge in [-0.15, -0.1) is 4.95 Å². The van der Waals surface area contributed by atoms with Crippen LogP contribution in [0.25, 0.3) is 50.0 Å². The van der Waals surface area contributed by atoms with E-state index in [1.165, 1.54) is 0 Å². The van der Waals surface area contributed by atoms with Gasteiger partial charge in [-0.1, -0.05) is 0 Å². The van der Waals surface area contributed by atoms with Crippen LogP contribution in [0.1, 0.15) is 67.3 Å². The van der Waals surface area contributed by atoms with Gasteiger partial charge in [-0.2, -0.15) is 122 Å². The summed E-state index contributed by atoms with van der Waals surface area (Å²) < 4.78 is 342. The molecule has 0 saturated carbocycles. The largest absolute Gasteiger partial charge is 0.416 e. The normalized spacial score (nSPS) is 13.7. The average Bonchev–Trinajstić information content (AvgIpc) is 3.29. The van der Waals surface area contributed by atoms with Crippen molar-refractivity contribution in [2.24, 2.45) is 10.1 Å². The summed E-state index contributed by atoms with van der Waals surface area (Å²) in [4.78, 5) is 21.3. The fraction of sp³-hybridized carbons (Fsp3) is 0.182. The van der Waals surface area contributed by atoms with Crippen LogP contribution < -0.4 is 0 Å². The van der Waals surface area contributed by atoms with Crippen molar-refractivity contribution in [3.63, 3.8) is 0 Å². The molecule has 2 heterocycles. The van der Waals surface area contributed by atoms with E-state index in [0.29, 0.717) is 0 Å². The van der Waals surface area contributed by atoms with Crippen molar-refractivity contribution < 1.29 is 105 Å². The Bertz CT molecular complexity index is 2930. The van der Waals surface area contributed by atoms with E-state index < -0.39 is 197 Å². The lowest BCUT2D eigenvalue weighted by Gasteiger charge is -2.24. The minimum absolute atomic E-state index is 0.180. The molecule has 2 aromatic heterocycles. The van der Waals surface area contributed by atoms with Crippen LogP contribution in [0.4, 0.5) is 105 Å². The molecule has 396 valence electrons. The molecule has 0 N–H and O–H groups in total. The first-order chi connectivity index (χ1) is 34.6. The Labute approximate surface area is 404 Å². The van der Waals surface area contributed by atoms with E-state index in [2.05, 4.69) is 35.0 Å². The highest BCUT2D eigenvalue weighted by atomic mass is 19.4. The fourth-order valence-electron chi connectivity index (χ4n) is 7.23. The number of nitriles is 1. The first-order valence-corrected chi connectivity index (χ1v) is 19.6. The Morgan fingerprint density at radius 2 is 0.500 bits per heavy atom. The van der Waals surface area contributed by atoms with Gasteiger partial charge in [0.25, 0.3) is 0 Å². The van der Waals surface area contributed by atoms with Crippen molar-refractivity contribution in [2.45, 2.75) is 49.4 Å². The standard InChI is InChI=1S/C44H12F24N8/c1-70-76-36-34-32(72-27(15-2-19(37(45,46)47)10-20(3-15)38(48,49)50)29(74-34)17-6-23(41(57,58)59)12-24(7-17)42(60,61)62)31(71-14-69)33-35(36)75-30(18-8-25(43(63,64)65)13-26(9-18)44(66,67)68)28(73-33)16-4-21(39(51,52)53)11-22(5-16)40(54,55)56/h2-13H. The molecule has 0 spiro atoms. The van der Waals surface area contributed by atoms with Crippen LogP contribution in [-0.4, -0.2) is 31.4 Å². The summed E-state index contributed by atoms with van der Waals surface area (Å²) in [5.41, 5.74) is -38.3. The molecule has 0 radical (unpaired) electrons. The molecular weight excluding hydrogens is 1100 g/mol. The summed E-state index contributed by atoms with van der Waals surface area (Å²) >= 11 is 0. The number of halogens is 24. The molecule has 0 fully saturated rings. The van der Waals surface area contributed by atoms with Crippen molar-refractivity contribution >= 4 is 11.4 Å². The number of hydrogen-bond acceptors (Lipinski definition) is 7. The fourth-order valence-corrected chi connectivity index (χ4v) is 7.23. The molecule has 32 heteroatoms. The van der Waals surface area contributed by atoms with Crippen LogP contribution >= 0.6 is 0 Å². The lowest BCUT2D eigenvalue weighted by Crippen LogP contribution is -2.29. The van der Waals surface area contributed by atoms with Gasteiger partial charge in [-0.25, -0.2) is 19.9 Å². The molecule has 76 heavy (non-hydrogen) atoms. The molecule has 1 aliphatic rings. The Morgan fingerprint density at radius 1 is 0.316 bits per heavy atom. The van der Waals surface area contributed by atoms with E-state index in [0.717, 1.165) is 6.19 Å². The van der Waals surface area contributed by atoms with Crippen molar-refractivity contribution in [3.8, 4) is 51.2 Å². The highest BCUT2D eigenvalue weighted by Crippen LogP contribution is 2.47. The zero-order chi connectivity index (χ0) is 56.8. The monoisotopic (exact) mass is 1110 g/mol.